The number of carbonyl (C=O) groups excluding carboxylic acids is 1. The molecule has 0 radical (unpaired) electrons. The lowest BCUT2D eigenvalue weighted by Crippen LogP contribution is -2.42. The molecule has 1 aliphatic heterocycles. The number of ether oxygens (including phenoxy) is 1. The number of aldehydes is 1. The molecule has 0 unspecified atom stereocenters. The number of rotatable bonds is 3. The Morgan fingerprint density at radius 3 is 2.76 bits per heavy atom. The van der Waals surface area contributed by atoms with E-state index in [9.17, 15) is 14.7 Å². The zero-order valence-corrected chi connectivity index (χ0v) is 9.26. The molecule has 1 aromatic heterocycles. The van der Waals surface area contributed by atoms with Gasteiger partial charge in [-0.15, -0.1) is 0 Å². The van der Waals surface area contributed by atoms with E-state index in [1.165, 1.54) is 6.20 Å². The van der Waals surface area contributed by atoms with E-state index < -0.39 is 11.4 Å². The maximum atomic E-state index is 11.5. The third-order valence-corrected chi connectivity index (χ3v) is 3.17. The predicted octanol–water partition coefficient (Wildman–Crippen LogP) is 1.03. The highest BCUT2D eigenvalue weighted by Gasteiger charge is 2.43. The van der Waals surface area contributed by atoms with Crippen molar-refractivity contribution in [3.63, 3.8) is 0 Å². The summed E-state index contributed by atoms with van der Waals surface area (Å²) in [6.45, 7) is 0.804. The van der Waals surface area contributed by atoms with E-state index in [-0.39, 0.29) is 0 Å². The smallest absolute Gasteiger partial charge is 0.315 e. The maximum Gasteiger partial charge on any atom is 0.315 e. The largest absolute Gasteiger partial charge is 0.481 e. The molecule has 0 aromatic carbocycles. The first-order valence-corrected chi connectivity index (χ1v) is 5.42. The SMILES string of the molecule is O=Cc1ccnc(C2(C(=O)O)CCOCC2)c1. The van der Waals surface area contributed by atoms with Gasteiger partial charge in [-0.2, -0.15) is 0 Å². The molecule has 0 bridgehead atoms. The van der Waals surface area contributed by atoms with Crippen molar-refractivity contribution in [3.8, 4) is 0 Å². The quantitative estimate of drug-likeness (QED) is 0.792. The fourth-order valence-electron chi connectivity index (χ4n) is 2.08. The van der Waals surface area contributed by atoms with Crippen LogP contribution in [0.1, 0.15) is 28.9 Å². The number of hydrogen-bond donors (Lipinski definition) is 1. The van der Waals surface area contributed by atoms with Crippen LogP contribution in [-0.4, -0.2) is 35.6 Å². The van der Waals surface area contributed by atoms with Crippen LogP contribution in [0.2, 0.25) is 0 Å². The normalized spacial score (nSPS) is 18.6. The van der Waals surface area contributed by atoms with Gasteiger partial charge >= 0.3 is 5.97 Å². The third kappa shape index (κ3) is 2.06. The summed E-state index contributed by atoms with van der Waals surface area (Å²) in [6.07, 6.45) is 2.94. The first-order valence-electron chi connectivity index (χ1n) is 5.42. The Bertz CT molecular complexity index is 438. The second-order valence-electron chi connectivity index (χ2n) is 4.09. The van der Waals surface area contributed by atoms with Crippen LogP contribution in [-0.2, 0) is 14.9 Å². The zero-order valence-electron chi connectivity index (χ0n) is 9.26. The van der Waals surface area contributed by atoms with E-state index in [1.807, 2.05) is 0 Å². The molecule has 90 valence electrons. The maximum absolute atomic E-state index is 11.5. The summed E-state index contributed by atoms with van der Waals surface area (Å²) in [6, 6.07) is 3.11. The molecule has 1 saturated heterocycles. The number of nitrogens with zero attached hydrogens (tertiary/aromatic N) is 1. The van der Waals surface area contributed by atoms with Crippen molar-refractivity contribution in [2.24, 2.45) is 0 Å². The Balaban J connectivity index is 2.44. The molecular weight excluding hydrogens is 222 g/mol. The Morgan fingerprint density at radius 2 is 2.18 bits per heavy atom. The van der Waals surface area contributed by atoms with Gasteiger partial charge in [0.05, 0.1) is 5.69 Å². The lowest BCUT2D eigenvalue weighted by atomic mass is 9.76. The van der Waals surface area contributed by atoms with Gasteiger partial charge < -0.3 is 9.84 Å². The number of hydrogen-bond acceptors (Lipinski definition) is 4. The van der Waals surface area contributed by atoms with E-state index in [4.69, 9.17) is 4.74 Å². The first kappa shape index (κ1) is 11.7. The molecule has 1 aromatic rings. The van der Waals surface area contributed by atoms with Crippen molar-refractivity contribution in [2.75, 3.05) is 13.2 Å². The van der Waals surface area contributed by atoms with Gasteiger partial charge in [0.25, 0.3) is 0 Å². The number of carboxylic acid groups (broad SMARTS) is 1. The van der Waals surface area contributed by atoms with E-state index >= 15 is 0 Å². The van der Waals surface area contributed by atoms with Crippen LogP contribution in [0.25, 0.3) is 0 Å². The minimum Gasteiger partial charge on any atom is -0.481 e. The average molecular weight is 235 g/mol. The second kappa shape index (κ2) is 4.63. The minimum atomic E-state index is -1.02. The van der Waals surface area contributed by atoms with Crippen LogP contribution < -0.4 is 0 Å². The van der Waals surface area contributed by atoms with E-state index in [1.54, 1.807) is 12.1 Å². The Labute approximate surface area is 98.4 Å². The number of pyridine rings is 1. The van der Waals surface area contributed by atoms with Gasteiger partial charge in [-0.05, 0) is 25.0 Å². The molecule has 0 saturated carbocycles. The summed E-state index contributed by atoms with van der Waals surface area (Å²) in [5.41, 5.74) is -0.128. The predicted molar refractivity (Wildman–Crippen MR) is 59.0 cm³/mol. The van der Waals surface area contributed by atoms with Gasteiger partial charge in [-0.25, -0.2) is 0 Å². The monoisotopic (exact) mass is 235 g/mol. The molecule has 1 N–H and O–H groups in total. The van der Waals surface area contributed by atoms with Crippen LogP contribution in [0.4, 0.5) is 0 Å². The van der Waals surface area contributed by atoms with Crippen LogP contribution in [0.3, 0.4) is 0 Å². The van der Waals surface area contributed by atoms with Crippen LogP contribution in [0.15, 0.2) is 18.3 Å². The highest BCUT2D eigenvalue weighted by Crippen LogP contribution is 2.34. The van der Waals surface area contributed by atoms with Gasteiger partial charge in [0.15, 0.2) is 0 Å². The molecule has 5 nitrogen and oxygen atoms in total. The summed E-state index contributed by atoms with van der Waals surface area (Å²) >= 11 is 0. The molecule has 5 heteroatoms. The lowest BCUT2D eigenvalue weighted by Gasteiger charge is -2.32. The highest BCUT2D eigenvalue weighted by atomic mass is 16.5. The van der Waals surface area contributed by atoms with E-state index in [2.05, 4.69) is 4.98 Å². The summed E-state index contributed by atoms with van der Waals surface area (Å²) in [5, 5.41) is 9.42. The van der Waals surface area contributed by atoms with Gasteiger partial charge in [0, 0.05) is 25.0 Å². The topological polar surface area (TPSA) is 76.5 Å². The van der Waals surface area contributed by atoms with Crippen LogP contribution in [0.5, 0.6) is 0 Å². The summed E-state index contributed by atoms with van der Waals surface area (Å²) in [5.74, 6) is -0.906. The van der Waals surface area contributed by atoms with Crippen molar-refractivity contribution in [1.29, 1.82) is 0 Å². The molecule has 0 spiro atoms. The van der Waals surface area contributed by atoms with Crippen molar-refractivity contribution in [2.45, 2.75) is 18.3 Å². The first-order chi connectivity index (χ1) is 8.19. The molecule has 17 heavy (non-hydrogen) atoms. The second-order valence-corrected chi connectivity index (χ2v) is 4.09. The molecule has 1 fully saturated rings. The molecule has 0 aliphatic carbocycles. The highest BCUT2D eigenvalue weighted by molar-refractivity contribution is 5.82. The zero-order chi connectivity index (χ0) is 12.3. The Hall–Kier alpha value is -1.75. The number of aliphatic carboxylic acids is 1. The molecule has 0 atom stereocenters. The molecule has 1 aliphatic rings. The van der Waals surface area contributed by atoms with E-state index in [0.717, 1.165) is 0 Å². The van der Waals surface area contributed by atoms with Gasteiger partial charge in [0.1, 0.15) is 11.7 Å². The van der Waals surface area contributed by atoms with Crippen LogP contribution in [0, 0.1) is 0 Å². The number of carboxylic acids is 1. The third-order valence-electron chi connectivity index (χ3n) is 3.17. The standard InChI is InChI=1S/C12H13NO4/c14-8-9-1-4-13-10(7-9)12(11(15)16)2-5-17-6-3-12/h1,4,7-8H,2-3,5-6H2,(H,15,16). The number of carbonyl (C=O) groups is 2. The van der Waals surface area contributed by atoms with E-state index in [0.29, 0.717) is 43.6 Å². The lowest BCUT2D eigenvalue weighted by molar-refractivity contribution is -0.148. The van der Waals surface area contributed by atoms with Gasteiger partial charge in [-0.1, -0.05) is 0 Å². The van der Waals surface area contributed by atoms with Crippen LogP contribution >= 0.6 is 0 Å². The van der Waals surface area contributed by atoms with Gasteiger partial charge in [-0.3, -0.25) is 14.6 Å². The van der Waals surface area contributed by atoms with Crippen molar-refractivity contribution < 1.29 is 19.4 Å². The fraction of sp³-hybridized carbons (Fsp3) is 0.417. The summed E-state index contributed by atoms with van der Waals surface area (Å²) in [7, 11) is 0. The van der Waals surface area contributed by atoms with Crippen molar-refractivity contribution in [3.05, 3.63) is 29.6 Å². The molecule has 2 rings (SSSR count). The van der Waals surface area contributed by atoms with Crippen molar-refractivity contribution >= 4 is 12.3 Å². The average Bonchev–Trinajstić information content (AvgIpc) is 2.39. The molecule has 0 amide bonds. The van der Waals surface area contributed by atoms with Gasteiger partial charge in [0.2, 0.25) is 0 Å². The van der Waals surface area contributed by atoms with Crippen molar-refractivity contribution in [1.82, 2.24) is 4.98 Å². The minimum absolute atomic E-state index is 0.387. The molecular formula is C12H13NO4. The molecule has 2 heterocycles. The Kier molecular flexibility index (Phi) is 3.19. The Morgan fingerprint density at radius 1 is 1.47 bits per heavy atom. The summed E-state index contributed by atoms with van der Waals surface area (Å²) in [4.78, 5) is 26.3. The fourth-order valence-corrected chi connectivity index (χ4v) is 2.08. The summed E-state index contributed by atoms with van der Waals surface area (Å²) < 4.78 is 5.19. The number of aromatic nitrogens is 1.